The maximum absolute atomic E-state index is 13.9. The van der Waals surface area contributed by atoms with Crippen LogP contribution in [0.2, 0.25) is 0 Å². The van der Waals surface area contributed by atoms with Crippen molar-refractivity contribution in [3.8, 4) is 6.07 Å². The van der Waals surface area contributed by atoms with E-state index in [9.17, 15) is 24.0 Å². The van der Waals surface area contributed by atoms with E-state index >= 15 is 0 Å². The quantitative estimate of drug-likeness (QED) is 0.514. The molecular formula is C22H26FN5O3. The Labute approximate surface area is 179 Å². The second kappa shape index (κ2) is 9.60. The standard InChI is InChI=1S/C22H26FN5O3/c1-12(2)8-18(21(30)26-14(11-24)9-13-6-7-25-20(13)29)28-22(31)19-10-15-16(23)4-3-5-17(15)27-19/h3-5,10,12-14,18,27H,6-9H2,1-2H3,(H,25,29)(H,26,30)(H,28,31)/t13-,14-,18-/m0/s1. The van der Waals surface area contributed by atoms with Gasteiger partial charge >= 0.3 is 0 Å². The van der Waals surface area contributed by atoms with E-state index in [4.69, 9.17) is 0 Å². The molecule has 1 aliphatic rings. The van der Waals surface area contributed by atoms with Gasteiger partial charge in [-0.15, -0.1) is 0 Å². The Balaban J connectivity index is 1.70. The number of fused-ring (bicyclic) bond motifs is 1. The molecule has 1 saturated heterocycles. The van der Waals surface area contributed by atoms with Gasteiger partial charge < -0.3 is 20.9 Å². The molecule has 3 rings (SSSR count). The first-order valence-electron chi connectivity index (χ1n) is 10.3. The maximum Gasteiger partial charge on any atom is 0.268 e. The molecule has 0 bridgehead atoms. The molecule has 3 atom stereocenters. The van der Waals surface area contributed by atoms with Crippen LogP contribution >= 0.6 is 0 Å². The van der Waals surface area contributed by atoms with Crippen LogP contribution in [0.1, 0.15) is 43.6 Å². The fourth-order valence-corrected chi connectivity index (χ4v) is 3.75. The molecule has 2 aromatic rings. The summed E-state index contributed by atoms with van der Waals surface area (Å²) in [6.07, 6.45) is 1.20. The van der Waals surface area contributed by atoms with Crippen LogP contribution in [0.25, 0.3) is 10.9 Å². The number of hydrogen-bond donors (Lipinski definition) is 4. The van der Waals surface area contributed by atoms with Gasteiger partial charge in [0.1, 0.15) is 23.6 Å². The number of carbonyl (C=O) groups excluding carboxylic acids is 3. The molecule has 9 heteroatoms. The lowest BCUT2D eigenvalue weighted by molar-refractivity contribution is -0.125. The molecule has 0 unspecified atom stereocenters. The summed E-state index contributed by atoms with van der Waals surface area (Å²) in [6.45, 7) is 4.39. The minimum absolute atomic E-state index is 0.0948. The van der Waals surface area contributed by atoms with E-state index in [2.05, 4.69) is 20.9 Å². The summed E-state index contributed by atoms with van der Waals surface area (Å²) in [5, 5.41) is 17.8. The van der Waals surface area contributed by atoms with E-state index in [1.807, 2.05) is 19.9 Å². The first kappa shape index (κ1) is 22.3. The number of carbonyl (C=O) groups is 3. The van der Waals surface area contributed by atoms with Gasteiger partial charge in [-0.1, -0.05) is 19.9 Å². The highest BCUT2D eigenvalue weighted by molar-refractivity contribution is 6.00. The monoisotopic (exact) mass is 427 g/mol. The summed E-state index contributed by atoms with van der Waals surface area (Å²) < 4.78 is 13.9. The van der Waals surface area contributed by atoms with Crippen LogP contribution in [0, 0.1) is 29.0 Å². The smallest absolute Gasteiger partial charge is 0.268 e. The molecule has 164 valence electrons. The summed E-state index contributed by atoms with van der Waals surface area (Å²) in [5.41, 5.74) is 0.621. The third kappa shape index (κ3) is 5.40. The van der Waals surface area contributed by atoms with Crippen molar-refractivity contribution in [2.24, 2.45) is 11.8 Å². The molecule has 0 spiro atoms. The predicted octanol–water partition coefficient (Wildman–Crippen LogP) is 1.99. The fourth-order valence-electron chi connectivity index (χ4n) is 3.75. The van der Waals surface area contributed by atoms with Crippen molar-refractivity contribution in [2.45, 2.75) is 45.2 Å². The number of hydrogen-bond acceptors (Lipinski definition) is 4. The number of H-pyrrole nitrogens is 1. The topological polar surface area (TPSA) is 127 Å². The average Bonchev–Trinajstić information content (AvgIpc) is 3.33. The van der Waals surface area contributed by atoms with Gasteiger partial charge in [0.05, 0.1) is 6.07 Å². The van der Waals surface area contributed by atoms with Crippen LogP contribution in [0.15, 0.2) is 24.3 Å². The van der Waals surface area contributed by atoms with Gasteiger partial charge in [0, 0.05) is 23.4 Å². The molecule has 0 radical (unpaired) electrons. The number of halogens is 1. The van der Waals surface area contributed by atoms with E-state index in [1.165, 1.54) is 18.2 Å². The number of benzene rings is 1. The van der Waals surface area contributed by atoms with E-state index in [0.29, 0.717) is 24.9 Å². The predicted molar refractivity (Wildman–Crippen MR) is 112 cm³/mol. The third-order valence-electron chi connectivity index (χ3n) is 5.34. The number of nitrogens with zero attached hydrogens (tertiary/aromatic N) is 1. The number of aromatic nitrogens is 1. The van der Waals surface area contributed by atoms with Crippen molar-refractivity contribution in [3.05, 3.63) is 35.8 Å². The third-order valence-corrected chi connectivity index (χ3v) is 5.34. The summed E-state index contributed by atoms with van der Waals surface area (Å²) in [6, 6.07) is 6.21. The van der Waals surface area contributed by atoms with E-state index in [1.54, 1.807) is 6.07 Å². The summed E-state index contributed by atoms with van der Waals surface area (Å²) in [4.78, 5) is 40.2. The Bertz CT molecular complexity index is 1030. The highest BCUT2D eigenvalue weighted by atomic mass is 19.1. The molecular weight excluding hydrogens is 401 g/mol. The Morgan fingerprint density at radius 2 is 2.10 bits per heavy atom. The average molecular weight is 427 g/mol. The van der Waals surface area contributed by atoms with Crippen LogP contribution in [0.3, 0.4) is 0 Å². The van der Waals surface area contributed by atoms with Gasteiger partial charge in [-0.25, -0.2) is 4.39 Å². The van der Waals surface area contributed by atoms with Crippen molar-refractivity contribution in [3.63, 3.8) is 0 Å². The number of amides is 3. The van der Waals surface area contributed by atoms with Gasteiger partial charge in [-0.05, 0) is 43.4 Å². The van der Waals surface area contributed by atoms with Gasteiger partial charge in [-0.2, -0.15) is 5.26 Å². The van der Waals surface area contributed by atoms with Crippen LogP contribution in [-0.4, -0.2) is 41.3 Å². The molecule has 8 nitrogen and oxygen atoms in total. The first-order chi connectivity index (χ1) is 14.8. The van der Waals surface area contributed by atoms with Crippen molar-refractivity contribution < 1.29 is 18.8 Å². The van der Waals surface area contributed by atoms with Crippen molar-refractivity contribution in [2.75, 3.05) is 6.54 Å². The Morgan fingerprint density at radius 3 is 2.71 bits per heavy atom. The van der Waals surface area contributed by atoms with E-state index in [0.717, 1.165) is 0 Å². The second-order valence-electron chi connectivity index (χ2n) is 8.24. The highest BCUT2D eigenvalue weighted by Gasteiger charge is 2.30. The molecule has 3 amide bonds. The SMILES string of the molecule is CC(C)C[C@H](NC(=O)c1cc2c(F)cccc2[nH]1)C(=O)N[C@H](C#N)C[C@@H]1CCNC1=O. The summed E-state index contributed by atoms with van der Waals surface area (Å²) in [5.74, 6) is -1.82. The van der Waals surface area contributed by atoms with Crippen molar-refractivity contribution >= 4 is 28.6 Å². The molecule has 31 heavy (non-hydrogen) atoms. The lowest BCUT2D eigenvalue weighted by Gasteiger charge is -2.22. The van der Waals surface area contributed by atoms with Crippen LogP contribution in [0.5, 0.6) is 0 Å². The molecule has 1 fully saturated rings. The van der Waals surface area contributed by atoms with Crippen molar-refractivity contribution in [1.29, 1.82) is 5.26 Å². The van der Waals surface area contributed by atoms with Crippen LogP contribution < -0.4 is 16.0 Å². The summed E-state index contributed by atoms with van der Waals surface area (Å²) in [7, 11) is 0. The minimum atomic E-state index is -0.878. The zero-order valence-electron chi connectivity index (χ0n) is 17.5. The Kier molecular flexibility index (Phi) is 6.90. The van der Waals surface area contributed by atoms with Crippen LogP contribution in [0.4, 0.5) is 4.39 Å². The molecule has 1 aromatic carbocycles. The largest absolute Gasteiger partial charge is 0.356 e. The molecule has 0 saturated carbocycles. The van der Waals surface area contributed by atoms with Gasteiger partial charge in [-0.3, -0.25) is 14.4 Å². The molecule has 1 aromatic heterocycles. The fraction of sp³-hybridized carbons (Fsp3) is 0.455. The first-order valence-corrected chi connectivity index (χ1v) is 10.3. The zero-order valence-corrected chi connectivity index (χ0v) is 17.5. The molecule has 4 N–H and O–H groups in total. The second-order valence-corrected chi connectivity index (χ2v) is 8.24. The minimum Gasteiger partial charge on any atom is -0.356 e. The maximum atomic E-state index is 13.9. The van der Waals surface area contributed by atoms with Gasteiger partial charge in [0.25, 0.3) is 5.91 Å². The molecule has 0 aliphatic carbocycles. The van der Waals surface area contributed by atoms with E-state index in [-0.39, 0.29) is 35.2 Å². The number of rotatable bonds is 8. The van der Waals surface area contributed by atoms with Crippen molar-refractivity contribution in [1.82, 2.24) is 20.9 Å². The van der Waals surface area contributed by atoms with Gasteiger partial charge in [0.2, 0.25) is 11.8 Å². The van der Waals surface area contributed by atoms with Gasteiger partial charge in [0.15, 0.2) is 0 Å². The van der Waals surface area contributed by atoms with E-state index < -0.39 is 29.7 Å². The number of aromatic amines is 1. The lowest BCUT2D eigenvalue weighted by atomic mass is 9.98. The number of nitrogens with one attached hydrogen (secondary N) is 4. The highest BCUT2D eigenvalue weighted by Crippen LogP contribution is 2.19. The normalized spacial score (nSPS) is 17.8. The Morgan fingerprint density at radius 1 is 1.32 bits per heavy atom. The summed E-state index contributed by atoms with van der Waals surface area (Å²) >= 11 is 0. The molecule has 2 heterocycles. The Hall–Kier alpha value is -3.41. The van der Waals surface area contributed by atoms with Crippen LogP contribution in [-0.2, 0) is 9.59 Å². The molecule has 1 aliphatic heterocycles. The lowest BCUT2D eigenvalue weighted by Crippen LogP contribution is -2.50. The zero-order chi connectivity index (χ0) is 22.5. The number of nitriles is 1.